The van der Waals surface area contributed by atoms with E-state index in [1.807, 2.05) is 42.8 Å². The largest absolute Gasteiger partial charge is 0.444 e. The Balaban J connectivity index is 1.40. The number of ether oxygens (including phenoxy) is 1. The van der Waals surface area contributed by atoms with Crippen LogP contribution >= 0.6 is 11.3 Å². The molecule has 4 heterocycles. The molecule has 3 aromatic heterocycles. The molecule has 1 unspecified atom stereocenters. The van der Waals surface area contributed by atoms with Gasteiger partial charge in [0.2, 0.25) is 5.95 Å². The van der Waals surface area contributed by atoms with Gasteiger partial charge in [0.05, 0.1) is 11.4 Å². The number of carbonyl (C=O) groups is 1. The molecular weight excluding hydrogens is 467 g/mol. The number of likely N-dealkylation sites (tertiary alicyclic amines) is 1. The van der Waals surface area contributed by atoms with Gasteiger partial charge in [0.1, 0.15) is 17.1 Å². The van der Waals surface area contributed by atoms with E-state index in [1.165, 1.54) is 23.5 Å². The zero-order chi connectivity index (χ0) is 24.6. The number of aromatic nitrogens is 4. The van der Waals surface area contributed by atoms with Gasteiger partial charge in [-0.25, -0.2) is 24.1 Å². The summed E-state index contributed by atoms with van der Waals surface area (Å²) in [6.45, 7) is 6.78. The van der Waals surface area contributed by atoms with E-state index >= 15 is 0 Å². The zero-order valence-electron chi connectivity index (χ0n) is 19.9. The highest BCUT2D eigenvalue weighted by molar-refractivity contribution is 7.15. The first kappa shape index (κ1) is 23.2. The van der Waals surface area contributed by atoms with Crippen molar-refractivity contribution in [2.45, 2.75) is 45.3 Å². The molecule has 1 aromatic carbocycles. The van der Waals surface area contributed by atoms with Crippen molar-refractivity contribution in [3.8, 4) is 22.6 Å². The van der Waals surface area contributed by atoms with E-state index in [0.29, 0.717) is 24.7 Å². The van der Waals surface area contributed by atoms with Gasteiger partial charge in [0, 0.05) is 42.5 Å². The molecule has 0 aliphatic carbocycles. The number of carbonyl (C=O) groups excluding carboxylic acids is 1. The van der Waals surface area contributed by atoms with Gasteiger partial charge < -0.3 is 15.0 Å². The lowest BCUT2D eigenvalue weighted by molar-refractivity contribution is 0.0206. The van der Waals surface area contributed by atoms with Crippen molar-refractivity contribution >= 4 is 28.3 Å². The molecule has 0 radical (unpaired) electrons. The molecule has 182 valence electrons. The van der Waals surface area contributed by atoms with Crippen LogP contribution in [0.15, 0.2) is 48.1 Å². The van der Waals surface area contributed by atoms with Crippen LogP contribution in [-0.4, -0.2) is 55.1 Å². The molecule has 35 heavy (non-hydrogen) atoms. The van der Waals surface area contributed by atoms with Gasteiger partial charge in [-0.1, -0.05) is 0 Å². The van der Waals surface area contributed by atoms with Crippen molar-refractivity contribution in [3.05, 3.63) is 53.9 Å². The minimum Gasteiger partial charge on any atom is -0.444 e. The molecule has 1 fully saturated rings. The minimum atomic E-state index is -0.532. The van der Waals surface area contributed by atoms with Crippen molar-refractivity contribution in [3.63, 3.8) is 0 Å². The maximum atomic E-state index is 13.5. The first-order valence-corrected chi connectivity index (χ1v) is 12.4. The second-order valence-electron chi connectivity index (χ2n) is 9.55. The average Bonchev–Trinajstić information content (AvgIpc) is 3.40. The van der Waals surface area contributed by atoms with Crippen LogP contribution in [0.4, 0.5) is 15.1 Å². The number of hydrogen-bond acceptors (Lipinski definition) is 7. The smallest absolute Gasteiger partial charge is 0.410 e. The van der Waals surface area contributed by atoms with Crippen LogP contribution in [0.2, 0.25) is 0 Å². The Kier molecular flexibility index (Phi) is 6.14. The molecule has 1 saturated heterocycles. The predicted molar refractivity (Wildman–Crippen MR) is 134 cm³/mol. The van der Waals surface area contributed by atoms with E-state index in [1.54, 1.807) is 23.2 Å². The van der Waals surface area contributed by atoms with E-state index in [9.17, 15) is 9.18 Å². The molecule has 5 rings (SSSR count). The number of imidazole rings is 1. The first-order chi connectivity index (χ1) is 16.8. The lowest BCUT2D eigenvalue weighted by Crippen LogP contribution is -2.47. The summed E-state index contributed by atoms with van der Waals surface area (Å²) in [6, 6.07) is 8.15. The maximum Gasteiger partial charge on any atom is 0.410 e. The summed E-state index contributed by atoms with van der Waals surface area (Å²) in [5.74, 6) is 0.187. The third-order valence-corrected chi connectivity index (χ3v) is 6.44. The van der Waals surface area contributed by atoms with Crippen LogP contribution < -0.4 is 5.32 Å². The molecule has 0 spiro atoms. The molecule has 0 saturated carbocycles. The number of nitrogens with zero attached hydrogens (tertiary/aromatic N) is 5. The van der Waals surface area contributed by atoms with E-state index in [2.05, 4.69) is 10.3 Å². The summed E-state index contributed by atoms with van der Waals surface area (Å²) in [5, 5.41) is 5.36. The molecule has 1 aliphatic rings. The second-order valence-corrected chi connectivity index (χ2v) is 10.4. The fraction of sp³-hybridized carbons (Fsp3) is 0.360. The fourth-order valence-electron chi connectivity index (χ4n) is 4.17. The average molecular weight is 495 g/mol. The van der Waals surface area contributed by atoms with Gasteiger partial charge in [-0.2, -0.15) is 0 Å². The van der Waals surface area contributed by atoms with Crippen LogP contribution in [0.5, 0.6) is 0 Å². The van der Waals surface area contributed by atoms with Crippen molar-refractivity contribution in [2.24, 2.45) is 0 Å². The number of halogens is 1. The normalized spacial score (nSPS) is 16.5. The monoisotopic (exact) mass is 494 g/mol. The first-order valence-electron chi connectivity index (χ1n) is 11.6. The third-order valence-electron chi connectivity index (χ3n) is 5.68. The molecular formula is C25H27FN6O2S. The highest BCUT2D eigenvalue weighted by Crippen LogP contribution is 2.33. The van der Waals surface area contributed by atoms with Crippen LogP contribution in [-0.2, 0) is 4.74 Å². The Bertz CT molecular complexity index is 1340. The summed E-state index contributed by atoms with van der Waals surface area (Å²) in [4.78, 5) is 29.1. The number of rotatable bonds is 4. The van der Waals surface area contributed by atoms with Crippen molar-refractivity contribution in [1.29, 1.82) is 0 Å². The SMILES string of the molecule is CC(C)(C)OC(=O)N1CCCC(Nc2nccc(-c3c(-c4ccc(F)cc4)nc4sccn34)n2)C1. The molecule has 4 aromatic rings. The number of anilines is 1. The highest BCUT2D eigenvalue weighted by atomic mass is 32.1. The number of amides is 1. The van der Waals surface area contributed by atoms with Gasteiger partial charge in [-0.3, -0.25) is 4.40 Å². The Labute approximate surface area is 206 Å². The standard InChI is InChI=1S/C25H27FN6O2S/c1-25(2,3)34-24(33)31-12-4-5-18(15-31)28-22-27-11-10-19(29-22)21-20(16-6-8-17(26)9-7-16)30-23-32(21)13-14-35-23/h6-11,13-14,18H,4-5,12,15H2,1-3H3,(H,27,28,29). The van der Waals surface area contributed by atoms with E-state index in [-0.39, 0.29) is 18.0 Å². The lowest BCUT2D eigenvalue weighted by atomic mass is 10.1. The van der Waals surface area contributed by atoms with Crippen LogP contribution in [0, 0.1) is 5.82 Å². The summed E-state index contributed by atoms with van der Waals surface area (Å²) in [7, 11) is 0. The Morgan fingerprint density at radius 3 is 2.77 bits per heavy atom. The Morgan fingerprint density at radius 1 is 1.20 bits per heavy atom. The van der Waals surface area contributed by atoms with Crippen LogP contribution in [0.25, 0.3) is 27.6 Å². The molecule has 1 aliphatic heterocycles. The number of hydrogen-bond donors (Lipinski definition) is 1. The predicted octanol–water partition coefficient (Wildman–Crippen LogP) is 5.47. The Morgan fingerprint density at radius 2 is 2.00 bits per heavy atom. The second kappa shape index (κ2) is 9.26. The number of piperidine rings is 1. The number of thiazole rings is 1. The Hall–Kier alpha value is -3.53. The van der Waals surface area contributed by atoms with Gasteiger partial charge in [-0.05, 0) is 63.9 Å². The highest BCUT2D eigenvalue weighted by Gasteiger charge is 2.28. The van der Waals surface area contributed by atoms with Crippen LogP contribution in [0.3, 0.4) is 0 Å². The summed E-state index contributed by atoms with van der Waals surface area (Å²) in [6.07, 6.45) is 5.12. The molecule has 1 atom stereocenters. The fourth-order valence-corrected chi connectivity index (χ4v) is 4.88. The van der Waals surface area contributed by atoms with Gasteiger partial charge in [0.25, 0.3) is 0 Å². The van der Waals surface area contributed by atoms with Crippen molar-refractivity contribution < 1.29 is 13.9 Å². The van der Waals surface area contributed by atoms with E-state index in [0.717, 1.165) is 34.8 Å². The van der Waals surface area contributed by atoms with Crippen LogP contribution in [0.1, 0.15) is 33.6 Å². The van der Waals surface area contributed by atoms with Crippen molar-refractivity contribution in [1.82, 2.24) is 24.3 Å². The third kappa shape index (κ3) is 5.12. The summed E-state index contributed by atoms with van der Waals surface area (Å²) < 4.78 is 21.0. The van der Waals surface area contributed by atoms with E-state index < -0.39 is 5.60 Å². The topological polar surface area (TPSA) is 84.6 Å². The summed E-state index contributed by atoms with van der Waals surface area (Å²) in [5.41, 5.74) is 2.53. The molecule has 0 bridgehead atoms. The molecule has 1 N–H and O–H groups in total. The molecule has 10 heteroatoms. The lowest BCUT2D eigenvalue weighted by Gasteiger charge is -2.34. The van der Waals surface area contributed by atoms with Crippen molar-refractivity contribution in [2.75, 3.05) is 18.4 Å². The molecule has 8 nitrogen and oxygen atoms in total. The minimum absolute atomic E-state index is 0.00898. The maximum absolute atomic E-state index is 13.5. The van der Waals surface area contributed by atoms with E-state index in [4.69, 9.17) is 14.7 Å². The summed E-state index contributed by atoms with van der Waals surface area (Å²) >= 11 is 1.52. The van der Waals surface area contributed by atoms with Gasteiger partial charge in [0.15, 0.2) is 4.96 Å². The quantitative estimate of drug-likeness (QED) is 0.405. The number of nitrogens with one attached hydrogen (secondary N) is 1. The molecule has 1 amide bonds. The van der Waals surface area contributed by atoms with Gasteiger partial charge in [-0.15, -0.1) is 11.3 Å². The van der Waals surface area contributed by atoms with Gasteiger partial charge >= 0.3 is 6.09 Å². The number of fused-ring (bicyclic) bond motifs is 1. The number of benzene rings is 1. The zero-order valence-corrected chi connectivity index (χ0v) is 20.7.